The molecule has 0 saturated heterocycles. The summed E-state index contributed by atoms with van der Waals surface area (Å²) in [6, 6.07) is 12.7. The number of fused-ring (bicyclic) bond motifs is 1. The molecule has 8 nitrogen and oxygen atoms in total. The number of amides is 1. The van der Waals surface area contributed by atoms with Crippen molar-refractivity contribution >= 4 is 34.9 Å². The number of rotatable bonds is 5. The quantitative estimate of drug-likeness (QED) is 0.500. The van der Waals surface area contributed by atoms with Gasteiger partial charge in [0.2, 0.25) is 5.91 Å². The van der Waals surface area contributed by atoms with E-state index in [0.717, 1.165) is 11.3 Å². The van der Waals surface area contributed by atoms with E-state index in [2.05, 4.69) is 20.5 Å². The third-order valence-corrected chi connectivity index (χ3v) is 4.50. The summed E-state index contributed by atoms with van der Waals surface area (Å²) in [5.74, 6) is 1.66. The number of aryl methyl sites for hydroxylation is 1. The van der Waals surface area contributed by atoms with Crippen molar-refractivity contribution in [1.29, 1.82) is 0 Å². The number of hydrogen-bond donors (Lipinski definition) is 2. The van der Waals surface area contributed by atoms with E-state index in [1.165, 1.54) is 0 Å². The minimum absolute atomic E-state index is 0.0204. The molecule has 0 fully saturated rings. The number of aromatic nitrogens is 4. The lowest BCUT2D eigenvalue weighted by Gasteiger charge is -2.09. The lowest BCUT2D eigenvalue weighted by atomic mass is 10.2. The number of carbonyl (C=O) groups excluding carboxylic acids is 1. The SMILES string of the molecule is COc1ccc(-c2n[nH]c(=S)n2CC(=O)Nc2ccc3oc(C)nc3c2)cc1. The highest BCUT2D eigenvalue weighted by molar-refractivity contribution is 7.71. The second kappa shape index (κ2) is 7.28. The van der Waals surface area contributed by atoms with E-state index in [-0.39, 0.29) is 12.5 Å². The Morgan fingerprint density at radius 2 is 2.07 bits per heavy atom. The molecule has 142 valence electrons. The van der Waals surface area contributed by atoms with Crippen LogP contribution in [0, 0.1) is 11.7 Å². The maximum atomic E-state index is 12.6. The highest BCUT2D eigenvalue weighted by Gasteiger charge is 2.13. The van der Waals surface area contributed by atoms with E-state index in [0.29, 0.717) is 33.3 Å². The van der Waals surface area contributed by atoms with Gasteiger partial charge in [0.1, 0.15) is 17.8 Å². The summed E-state index contributed by atoms with van der Waals surface area (Å²) < 4.78 is 12.6. The molecule has 2 N–H and O–H groups in total. The van der Waals surface area contributed by atoms with Crippen LogP contribution in [0.4, 0.5) is 5.69 Å². The first-order valence-corrected chi connectivity index (χ1v) is 8.91. The number of nitrogens with zero attached hydrogens (tertiary/aromatic N) is 3. The van der Waals surface area contributed by atoms with Crippen molar-refractivity contribution < 1.29 is 13.9 Å². The second-order valence-corrected chi connectivity index (χ2v) is 6.52. The number of methoxy groups -OCH3 is 1. The van der Waals surface area contributed by atoms with Crippen LogP contribution in [0.1, 0.15) is 5.89 Å². The zero-order chi connectivity index (χ0) is 19.7. The van der Waals surface area contributed by atoms with E-state index in [9.17, 15) is 4.79 Å². The van der Waals surface area contributed by atoms with Gasteiger partial charge in [0.15, 0.2) is 22.1 Å². The molecule has 9 heteroatoms. The molecule has 0 aliphatic heterocycles. The maximum Gasteiger partial charge on any atom is 0.244 e. The number of nitrogens with one attached hydrogen (secondary N) is 2. The number of H-pyrrole nitrogens is 1. The van der Waals surface area contributed by atoms with Crippen molar-refractivity contribution in [3.05, 3.63) is 53.1 Å². The molecule has 0 bridgehead atoms. The van der Waals surface area contributed by atoms with Crippen LogP contribution in [0.15, 0.2) is 46.9 Å². The first-order chi connectivity index (χ1) is 13.5. The minimum atomic E-state index is -0.230. The van der Waals surface area contributed by atoms with Gasteiger partial charge in [-0.3, -0.25) is 14.5 Å². The third kappa shape index (κ3) is 3.52. The van der Waals surface area contributed by atoms with Crippen LogP contribution in [0.2, 0.25) is 0 Å². The zero-order valence-corrected chi connectivity index (χ0v) is 16.0. The van der Waals surface area contributed by atoms with Crippen molar-refractivity contribution in [3.63, 3.8) is 0 Å². The fourth-order valence-corrected chi connectivity index (χ4v) is 3.09. The molecule has 28 heavy (non-hydrogen) atoms. The van der Waals surface area contributed by atoms with Gasteiger partial charge in [-0.2, -0.15) is 5.10 Å². The molecule has 2 aromatic heterocycles. The number of oxazole rings is 1. The van der Waals surface area contributed by atoms with Gasteiger partial charge >= 0.3 is 0 Å². The molecule has 0 radical (unpaired) electrons. The molecular formula is C19H17N5O3S. The molecule has 0 saturated carbocycles. The lowest BCUT2D eigenvalue weighted by molar-refractivity contribution is -0.116. The van der Waals surface area contributed by atoms with Gasteiger partial charge in [0.25, 0.3) is 0 Å². The summed E-state index contributed by atoms with van der Waals surface area (Å²) in [5.41, 5.74) is 2.82. The van der Waals surface area contributed by atoms with Crippen molar-refractivity contribution in [2.45, 2.75) is 13.5 Å². The Balaban J connectivity index is 1.55. The Kier molecular flexibility index (Phi) is 4.66. The van der Waals surface area contributed by atoms with Gasteiger partial charge in [0.05, 0.1) is 7.11 Å². The smallest absolute Gasteiger partial charge is 0.244 e. The topological polar surface area (TPSA) is 98.0 Å². The van der Waals surface area contributed by atoms with Gasteiger partial charge in [-0.25, -0.2) is 4.98 Å². The molecule has 4 rings (SSSR count). The van der Waals surface area contributed by atoms with Crippen LogP contribution >= 0.6 is 12.2 Å². The number of hydrogen-bond acceptors (Lipinski definition) is 6. The number of aromatic amines is 1. The van der Waals surface area contributed by atoms with Crippen LogP contribution in [0.25, 0.3) is 22.5 Å². The van der Waals surface area contributed by atoms with E-state index >= 15 is 0 Å². The zero-order valence-electron chi connectivity index (χ0n) is 15.2. The number of carbonyl (C=O) groups is 1. The molecule has 4 aromatic rings. The highest BCUT2D eigenvalue weighted by atomic mass is 32.1. The molecule has 0 atom stereocenters. The highest BCUT2D eigenvalue weighted by Crippen LogP contribution is 2.22. The normalized spacial score (nSPS) is 10.9. The minimum Gasteiger partial charge on any atom is -0.497 e. The molecule has 2 aromatic carbocycles. The molecule has 0 aliphatic carbocycles. The van der Waals surface area contributed by atoms with Gasteiger partial charge in [-0.15, -0.1) is 0 Å². The first kappa shape index (κ1) is 17.9. The summed E-state index contributed by atoms with van der Waals surface area (Å²) in [5, 5.41) is 9.85. The summed E-state index contributed by atoms with van der Waals surface area (Å²) in [7, 11) is 1.60. The Hall–Kier alpha value is -3.46. The standard InChI is InChI=1S/C19H17N5O3S/c1-11-20-15-9-13(5-8-16(15)27-11)21-17(25)10-24-18(22-23-19(24)28)12-3-6-14(26-2)7-4-12/h3-9H,10H2,1-2H3,(H,21,25)(H,23,28). The molecule has 0 unspecified atom stereocenters. The van der Waals surface area contributed by atoms with E-state index in [4.69, 9.17) is 21.4 Å². The molecule has 1 amide bonds. The molecular weight excluding hydrogens is 378 g/mol. The number of ether oxygens (including phenoxy) is 1. The predicted molar refractivity (Wildman–Crippen MR) is 107 cm³/mol. The van der Waals surface area contributed by atoms with E-state index < -0.39 is 0 Å². The fourth-order valence-electron chi connectivity index (χ4n) is 2.89. The van der Waals surface area contributed by atoms with Crippen molar-refractivity contribution in [1.82, 2.24) is 19.7 Å². The summed E-state index contributed by atoms with van der Waals surface area (Å²) in [6.07, 6.45) is 0. The Morgan fingerprint density at radius 1 is 1.29 bits per heavy atom. The van der Waals surface area contributed by atoms with Crippen LogP contribution in [0.3, 0.4) is 0 Å². The van der Waals surface area contributed by atoms with Crippen LogP contribution in [-0.4, -0.2) is 32.8 Å². The predicted octanol–water partition coefficient (Wildman–Crippen LogP) is 3.70. The average molecular weight is 395 g/mol. The van der Waals surface area contributed by atoms with Gasteiger partial charge < -0.3 is 14.5 Å². The van der Waals surface area contributed by atoms with Crippen molar-refractivity contribution in [2.75, 3.05) is 12.4 Å². The van der Waals surface area contributed by atoms with Crippen molar-refractivity contribution in [2.24, 2.45) is 0 Å². The van der Waals surface area contributed by atoms with E-state index in [1.807, 2.05) is 24.3 Å². The Bertz CT molecular complexity index is 1210. The maximum absolute atomic E-state index is 12.6. The summed E-state index contributed by atoms with van der Waals surface area (Å²) >= 11 is 5.29. The Labute approximate surface area is 165 Å². The fraction of sp³-hybridized carbons (Fsp3) is 0.158. The van der Waals surface area contributed by atoms with Gasteiger partial charge in [0, 0.05) is 18.2 Å². The summed E-state index contributed by atoms with van der Waals surface area (Å²) in [4.78, 5) is 16.8. The monoisotopic (exact) mass is 395 g/mol. The average Bonchev–Trinajstić information content (AvgIpc) is 3.23. The van der Waals surface area contributed by atoms with E-state index in [1.54, 1.807) is 36.8 Å². The second-order valence-electron chi connectivity index (χ2n) is 6.13. The number of anilines is 1. The third-order valence-electron chi connectivity index (χ3n) is 4.19. The van der Waals surface area contributed by atoms with Crippen LogP contribution in [0.5, 0.6) is 5.75 Å². The molecule has 0 aliphatic rings. The van der Waals surface area contributed by atoms with Gasteiger partial charge in [-0.1, -0.05) is 0 Å². The Morgan fingerprint density at radius 3 is 2.82 bits per heavy atom. The number of benzene rings is 2. The molecule has 2 heterocycles. The van der Waals surface area contributed by atoms with Crippen LogP contribution in [-0.2, 0) is 11.3 Å². The van der Waals surface area contributed by atoms with Crippen LogP contribution < -0.4 is 10.1 Å². The molecule has 0 spiro atoms. The van der Waals surface area contributed by atoms with Gasteiger partial charge in [-0.05, 0) is 54.7 Å². The lowest BCUT2D eigenvalue weighted by Crippen LogP contribution is -2.19. The largest absolute Gasteiger partial charge is 0.497 e. The summed E-state index contributed by atoms with van der Waals surface area (Å²) in [6.45, 7) is 1.80. The van der Waals surface area contributed by atoms with Crippen molar-refractivity contribution in [3.8, 4) is 17.1 Å². The first-order valence-electron chi connectivity index (χ1n) is 8.50.